The molecule has 0 amide bonds. The molecule has 1 aromatic rings. The van der Waals surface area contributed by atoms with Gasteiger partial charge in [-0.25, -0.2) is 4.39 Å². The van der Waals surface area contributed by atoms with E-state index in [-0.39, 0.29) is 0 Å². The second-order valence-electron chi connectivity index (χ2n) is 3.15. The molecule has 0 bridgehead atoms. The molecule has 2 rings (SSSR count). The van der Waals surface area contributed by atoms with E-state index >= 15 is 0 Å². The third-order valence-corrected chi connectivity index (χ3v) is 1.65. The summed E-state index contributed by atoms with van der Waals surface area (Å²) in [5.74, 6) is -0.875. The average molecular weight is 222 g/mol. The van der Waals surface area contributed by atoms with Crippen molar-refractivity contribution in [1.82, 2.24) is 0 Å². The van der Waals surface area contributed by atoms with E-state index < -0.39 is 17.6 Å². The van der Waals surface area contributed by atoms with E-state index in [1.165, 1.54) is 0 Å². The number of hydrogen-bond donors (Lipinski definition) is 0. The lowest BCUT2D eigenvalue weighted by molar-refractivity contribution is -0.137. The monoisotopic (exact) mass is 222 g/mol. The highest BCUT2D eigenvalue weighted by molar-refractivity contribution is 5.18. The fourth-order valence-electron chi connectivity index (χ4n) is 0.761. The van der Waals surface area contributed by atoms with Crippen LogP contribution in [0.4, 0.5) is 17.6 Å². The quantitative estimate of drug-likeness (QED) is 0.485. The molecule has 1 aliphatic rings. The summed E-state index contributed by atoms with van der Waals surface area (Å²) in [6.45, 7) is 3.04. The first-order chi connectivity index (χ1) is 6.89. The average Bonchev–Trinajstić information content (AvgIpc) is 2.87. The first-order valence-electron chi connectivity index (χ1n) is 4.34. The van der Waals surface area contributed by atoms with E-state index in [2.05, 4.69) is 6.92 Å². The van der Waals surface area contributed by atoms with Crippen LogP contribution in [0.25, 0.3) is 0 Å². The summed E-state index contributed by atoms with van der Waals surface area (Å²) in [4.78, 5) is 0. The van der Waals surface area contributed by atoms with Gasteiger partial charge in [0.25, 0.3) is 0 Å². The Morgan fingerprint density at radius 2 is 1.87 bits per heavy atom. The predicted molar refractivity (Wildman–Crippen MR) is 46.8 cm³/mol. The van der Waals surface area contributed by atoms with E-state index in [1.54, 1.807) is 0 Å². The molecule has 1 aromatic carbocycles. The summed E-state index contributed by atoms with van der Waals surface area (Å²) in [7, 11) is 0. The summed E-state index contributed by atoms with van der Waals surface area (Å²) in [6.07, 6.45) is -3.87. The largest absolute Gasteiger partial charge is 0.416 e. The number of epoxide rings is 1. The molecule has 1 aliphatic heterocycles. The Balaban J connectivity index is 0.000000234. The van der Waals surface area contributed by atoms with Crippen molar-refractivity contribution in [2.24, 2.45) is 0 Å². The van der Waals surface area contributed by atoms with Crippen molar-refractivity contribution in [3.63, 3.8) is 0 Å². The predicted octanol–water partition coefficient (Wildman–Crippen LogP) is 3.25. The van der Waals surface area contributed by atoms with Gasteiger partial charge in [0.05, 0.1) is 18.3 Å². The number of benzene rings is 1. The maximum atomic E-state index is 12.2. The Morgan fingerprint density at radius 3 is 2.13 bits per heavy atom. The zero-order valence-electron chi connectivity index (χ0n) is 8.01. The molecule has 1 saturated heterocycles. The molecule has 1 atom stereocenters. The third-order valence-electron chi connectivity index (χ3n) is 1.65. The molecule has 5 heteroatoms. The van der Waals surface area contributed by atoms with E-state index in [9.17, 15) is 17.6 Å². The normalized spacial score (nSPS) is 19.1. The highest BCUT2D eigenvalue weighted by Gasteiger charge is 2.30. The van der Waals surface area contributed by atoms with Crippen LogP contribution in [0.15, 0.2) is 24.3 Å². The molecule has 0 spiro atoms. The van der Waals surface area contributed by atoms with Crippen LogP contribution in [0, 0.1) is 5.82 Å². The van der Waals surface area contributed by atoms with Crippen LogP contribution in [0.5, 0.6) is 0 Å². The molecule has 0 aromatic heterocycles. The number of halogens is 4. The molecule has 1 fully saturated rings. The zero-order chi connectivity index (χ0) is 11.5. The van der Waals surface area contributed by atoms with Crippen molar-refractivity contribution in [1.29, 1.82) is 0 Å². The standard InChI is InChI=1S/C7H4F4.C3H6O/c8-6-3-1-2-5(4-6)7(9,10)11;1-3-2-4-3/h1-4H;3H,2H2,1H3. The van der Waals surface area contributed by atoms with Gasteiger partial charge < -0.3 is 4.74 Å². The first kappa shape index (κ1) is 12.0. The van der Waals surface area contributed by atoms with Crippen LogP contribution < -0.4 is 0 Å². The molecule has 84 valence electrons. The summed E-state index contributed by atoms with van der Waals surface area (Å²) >= 11 is 0. The Morgan fingerprint density at radius 1 is 1.33 bits per heavy atom. The molecule has 1 unspecified atom stereocenters. The summed E-state index contributed by atoms with van der Waals surface area (Å²) in [6, 6.07) is 3.27. The van der Waals surface area contributed by atoms with Crippen molar-refractivity contribution in [2.45, 2.75) is 19.2 Å². The summed E-state index contributed by atoms with van der Waals surface area (Å²) in [5.41, 5.74) is -0.961. The van der Waals surface area contributed by atoms with Gasteiger partial charge in [0.2, 0.25) is 0 Å². The fraction of sp³-hybridized carbons (Fsp3) is 0.400. The van der Waals surface area contributed by atoms with Crippen LogP contribution in [0.1, 0.15) is 12.5 Å². The van der Waals surface area contributed by atoms with Gasteiger partial charge in [-0.1, -0.05) is 6.07 Å². The smallest absolute Gasteiger partial charge is 0.373 e. The number of rotatable bonds is 0. The molecular weight excluding hydrogens is 212 g/mol. The van der Waals surface area contributed by atoms with E-state index in [1.807, 2.05) is 0 Å². The zero-order valence-corrected chi connectivity index (χ0v) is 8.01. The number of alkyl halides is 3. The highest BCUT2D eigenvalue weighted by Crippen LogP contribution is 2.29. The molecular formula is C10H10F4O. The summed E-state index contributed by atoms with van der Waals surface area (Å²) in [5, 5.41) is 0. The van der Waals surface area contributed by atoms with Gasteiger partial charge in [0.1, 0.15) is 5.82 Å². The molecule has 1 nitrogen and oxygen atoms in total. The molecule has 0 aliphatic carbocycles. The Hall–Kier alpha value is -1.10. The Kier molecular flexibility index (Phi) is 3.68. The Labute approximate surface area is 84.7 Å². The SMILES string of the molecule is CC1CO1.Fc1cccc(C(F)(F)F)c1. The van der Waals surface area contributed by atoms with Gasteiger partial charge in [-0.2, -0.15) is 13.2 Å². The second-order valence-corrected chi connectivity index (χ2v) is 3.15. The molecule has 0 N–H and O–H groups in total. The molecule has 0 saturated carbocycles. The van der Waals surface area contributed by atoms with Crippen molar-refractivity contribution >= 4 is 0 Å². The number of ether oxygens (including phenoxy) is 1. The van der Waals surface area contributed by atoms with Gasteiger partial charge in [0.15, 0.2) is 0 Å². The van der Waals surface area contributed by atoms with Crippen LogP contribution in [0.3, 0.4) is 0 Å². The molecule has 0 radical (unpaired) electrons. The fourth-order valence-corrected chi connectivity index (χ4v) is 0.761. The molecule has 15 heavy (non-hydrogen) atoms. The highest BCUT2D eigenvalue weighted by atomic mass is 19.4. The second kappa shape index (κ2) is 4.61. The minimum Gasteiger partial charge on any atom is -0.373 e. The van der Waals surface area contributed by atoms with Gasteiger partial charge in [-0.3, -0.25) is 0 Å². The van der Waals surface area contributed by atoms with E-state index in [4.69, 9.17) is 4.74 Å². The van der Waals surface area contributed by atoms with Gasteiger partial charge >= 0.3 is 6.18 Å². The summed E-state index contributed by atoms with van der Waals surface area (Å²) < 4.78 is 52.3. The van der Waals surface area contributed by atoms with E-state index in [0.29, 0.717) is 12.2 Å². The Bertz CT molecular complexity index is 317. The van der Waals surface area contributed by atoms with Gasteiger partial charge in [-0.15, -0.1) is 0 Å². The minimum absolute atomic E-state index is 0.458. The maximum Gasteiger partial charge on any atom is 0.416 e. The van der Waals surface area contributed by atoms with Crippen molar-refractivity contribution in [3.05, 3.63) is 35.6 Å². The first-order valence-corrected chi connectivity index (χ1v) is 4.34. The lowest BCUT2D eigenvalue weighted by Crippen LogP contribution is -2.04. The third kappa shape index (κ3) is 4.78. The van der Waals surface area contributed by atoms with Crippen LogP contribution in [-0.2, 0) is 10.9 Å². The van der Waals surface area contributed by atoms with Crippen LogP contribution in [-0.4, -0.2) is 12.7 Å². The van der Waals surface area contributed by atoms with Crippen LogP contribution >= 0.6 is 0 Å². The molecule has 1 heterocycles. The topological polar surface area (TPSA) is 12.5 Å². The van der Waals surface area contributed by atoms with Crippen molar-refractivity contribution in [3.8, 4) is 0 Å². The van der Waals surface area contributed by atoms with Crippen LogP contribution in [0.2, 0.25) is 0 Å². The van der Waals surface area contributed by atoms with Gasteiger partial charge in [-0.05, 0) is 25.1 Å². The minimum atomic E-state index is -4.46. The lowest BCUT2D eigenvalue weighted by atomic mass is 10.2. The lowest BCUT2D eigenvalue weighted by Gasteiger charge is -2.04. The van der Waals surface area contributed by atoms with Crippen molar-refractivity contribution < 1.29 is 22.3 Å². The number of hydrogen-bond acceptors (Lipinski definition) is 1. The van der Waals surface area contributed by atoms with E-state index in [0.717, 1.165) is 24.8 Å². The van der Waals surface area contributed by atoms with Crippen molar-refractivity contribution in [2.75, 3.05) is 6.61 Å². The van der Waals surface area contributed by atoms with Gasteiger partial charge in [0, 0.05) is 0 Å². The maximum absolute atomic E-state index is 12.2.